The lowest BCUT2D eigenvalue weighted by molar-refractivity contribution is 0.384. The van der Waals surface area contributed by atoms with Gasteiger partial charge in [0, 0.05) is 45.3 Å². The predicted octanol–water partition coefficient (Wildman–Crippen LogP) is -0.0804. The Morgan fingerprint density at radius 1 is 1.24 bits per heavy atom. The van der Waals surface area contributed by atoms with Gasteiger partial charge in [-0.3, -0.25) is 4.68 Å². The van der Waals surface area contributed by atoms with E-state index in [0.717, 1.165) is 24.6 Å². The number of sulfonamides is 1. The van der Waals surface area contributed by atoms with Crippen LogP contribution < -0.4 is 10.2 Å². The van der Waals surface area contributed by atoms with E-state index < -0.39 is 10.0 Å². The number of aryl methyl sites for hydroxylation is 2. The van der Waals surface area contributed by atoms with Crippen LogP contribution in [0.4, 0.5) is 5.82 Å². The van der Waals surface area contributed by atoms with Crippen molar-refractivity contribution in [1.82, 2.24) is 19.4 Å². The average molecular weight is 315 g/mol. The van der Waals surface area contributed by atoms with Gasteiger partial charge in [-0.05, 0) is 13.5 Å². The molecular formula is C13H25N5O2S. The summed E-state index contributed by atoms with van der Waals surface area (Å²) in [7, 11) is -1.14. The molecule has 120 valence electrons. The summed E-state index contributed by atoms with van der Waals surface area (Å²) in [6.45, 7) is 8.26. The van der Waals surface area contributed by atoms with Gasteiger partial charge in [0.2, 0.25) is 10.0 Å². The highest BCUT2D eigenvalue weighted by Crippen LogP contribution is 2.24. The maximum atomic E-state index is 11.6. The molecule has 0 aliphatic carbocycles. The van der Waals surface area contributed by atoms with E-state index in [1.807, 2.05) is 18.7 Å². The number of hydrogen-bond acceptors (Lipinski definition) is 5. The van der Waals surface area contributed by atoms with Gasteiger partial charge in [0.1, 0.15) is 5.82 Å². The lowest BCUT2D eigenvalue weighted by Gasteiger charge is -2.35. The monoisotopic (exact) mass is 315 g/mol. The third-order valence-corrected chi connectivity index (χ3v) is 5.18. The molecule has 2 heterocycles. The minimum absolute atomic E-state index is 0.531. The normalized spacial score (nSPS) is 17.4. The minimum Gasteiger partial charge on any atom is -0.354 e. The summed E-state index contributed by atoms with van der Waals surface area (Å²) in [5, 5.41) is 7.85. The first kappa shape index (κ1) is 16.3. The Morgan fingerprint density at radius 3 is 2.38 bits per heavy atom. The van der Waals surface area contributed by atoms with Crippen LogP contribution in [0.5, 0.6) is 0 Å². The number of nitrogens with zero attached hydrogens (tertiary/aromatic N) is 4. The van der Waals surface area contributed by atoms with Gasteiger partial charge in [-0.25, -0.2) is 8.42 Å². The van der Waals surface area contributed by atoms with E-state index in [9.17, 15) is 8.42 Å². The Bertz CT molecular complexity index is 588. The SMILES string of the molecule is CCNCc1c(C)nn(C)c1N1CCN(S(C)(=O)=O)CC1. The third kappa shape index (κ3) is 3.56. The summed E-state index contributed by atoms with van der Waals surface area (Å²) in [6.07, 6.45) is 1.27. The summed E-state index contributed by atoms with van der Waals surface area (Å²) >= 11 is 0. The highest BCUT2D eigenvalue weighted by Gasteiger charge is 2.27. The van der Waals surface area contributed by atoms with Crippen molar-refractivity contribution in [2.75, 3.05) is 43.9 Å². The van der Waals surface area contributed by atoms with E-state index in [1.165, 1.54) is 16.1 Å². The van der Waals surface area contributed by atoms with Crippen LogP contribution in [-0.2, 0) is 23.6 Å². The summed E-state index contributed by atoms with van der Waals surface area (Å²) in [5.41, 5.74) is 2.23. The smallest absolute Gasteiger partial charge is 0.211 e. The summed E-state index contributed by atoms with van der Waals surface area (Å²) in [5.74, 6) is 1.10. The zero-order valence-electron chi connectivity index (χ0n) is 13.3. The largest absolute Gasteiger partial charge is 0.354 e. The standard InChI is InChI=1S/C13H25N5O2S/c1-5-14-10-12-11(2)15-16(3)13(12)17-6-8-18(9-7-17)21(4,19)20/h14H,5-10H2,1-4H3. The highest BCUT2D eigenvalue weighted by molar-refractivity contribution is 7.88. The van der Waals surface area contributed by atoms with Crippen molar-refractivity contribution in [2.24, 2.45) is 7.05 Å². The van der Waals surface area contributed by atoms with Gasteiger partial charge in [-0.1, -0.05) is 6.92 Å². The van der Waals surface area contributed by atoms with Gasteiger partial charge in [-0.2, -0.15) is 9.40 Å². The lowest BCUT2D eigenvalue weighted by Crippen LogP contribution is -2.49. The zero-order valence-corrected chi connectivity index (χ0v) is 14.1. The maximum absolute atomic E-state index is 11.6. The van der Waals surface area contributed by atoms with Crippen molar-refractivity contribution in [2.45, 2.75) is 20.4 Å². The molecule has 0 amide bonds. The number of rotatable bonds is 5. The van der Waals surface area contributed by atoms with Gasteiger partial charge in [0.15, 0.2) is 0 Å². The molecule has 21 heavy (non-hydrogen) atoms. The first-order chi connectivity index (χ1) is 9.84. The highest BCUT2D eigenvalue weighted by atomic mass is 32.2. The molecular weight excluding hydrogens is 290 g/mol. The Hall–Kier alpha value is -1.12. The third-order valence-electron chi connectivity index (χ3n) is 3.87. The lowest BCUT2D eigenvalue weighted by atomic mass is 10.2. The maximum Gasteiger partial charge on any atom is 0.211 e. The van der Waals surface area contributed by atoms with Gasteiger partial charge in [-0.15, -0.1) is 0 Å². The molecule has 0 atom stereocenters. The van der Waals surface area contributed by atoms with E-state index in [1.54, 1.807) is 0 Å². The zero-order chi connectivity index (χ0) is 15.6. The molecule has 8 heteroatoms. The molecule has 0 radical (unpaired) electrons. The molecule has 1 N–H and O–H groups in total. The van der Waals surface area contributed by atoms with Crippen molar-refractivity contribution in [3.05, 3.63) is 11.3 Å². The van der Waals surface area contributed by atoms with Crippen LogP contribution >= 0.6 is 0 Å². The summed E-state index contributed by atoms with van der Waals surface area (Å²) in [4.78, 5) is 2.23. The van der Waals surface area contributed by atoms with Crippen LogP contribution in [0.1, 0.15) is 18.2 Å². The average Bonchev–Trinajstić information content (AvgIpc) is 2.70. The van der Waals surface area contributed by atoms with Crippen molar-refractivity contribution in [1.29, 1.82) is 0 Å². The van der Waals surface area contributed by atoms with Crippen LogP contribution in [0.25, 0.3) is 0 Å². The molecule has 1 saturated heterocycles. The second-order valence-electron chi connectivity index (χ2n) is 5.44. The van der Waals surface area contributed by atoms with Gasteiger partial charge in [0.25, 0.3) is 0 Å². The molecule has 1 aromatic rings. The second-order valence-corrected chi connectivity index (χ2v) is 7.42. The fourth-order valence-electron chi connectivity index (χ4n) is 2.77. The Kier molecular flexibility index (Phi) is 4.90. The molecule has 0 aromatic carbocycles. The van der Waals surface area contributed by atoms with Crippen LogP contribution in [0, 0.1) is 6.92 Å². The Balaban J connectivity index is 2.16. The molecule has 1 aromatic heterocycles. The van der Waals surface area contributed by atoms with Crippen LogP contribution in [0.15, 0.2) is 0 Å². The minimum atomic E-state index is -3.09. The number of hydrogen-bond donors (Lipinski definition) is 1. The first-order valence-electron chi connectivity index (χ1n) is 7.27. The Labute approximate surface area is 127 Å². The quantitative estimate of drug-likeness (QED) is 0.823. The van der Waals surface area contributed by atoms with Crippen molar-refractivity contribution in [3.8, 4) is 0 Å². The predicted molar refractivity (Wildman–Crippen MR) is 84.0 cm³/mol. The van der Waals surface area contributed by atoms with Crippen molar-refractivity contribution >= 4 is 15.8 Å². The summed E-state index contributed by atoms with van der Waals surface area (Å²) in [6, 6.07) is 0. The molecule has 1 fully saturated rings. The number of piperazine rings is 1. The Morgan fingerprint density at radius 2 is 1.86 bits per heavy atom. The molecule has 1 aliphatic heterocycles. The first-order valence-corrected chi connectivity index (χ1v) is 9.12. The van der Waals surface area contributed by atoms with Gasteiger partial charge >= 0.3 is 0 Å². The van der Waals surface area contributed by atoms with Crippen LogP contribution in [-0.4, -0.2) is 61.5 Å². The van der Waals surface area contributed by atoms with E-state index in [-0.39, 0.29) is 0 Å². The molecule has 1 aliphatic rings. The van der Waals surface area contributed by atoms with Crippen LogP contribution in [0.3, 0.4) is 0 Å². The molecule has 0 saturated carbocycles. The van der Waals surface area contributed by atoms with E-state index in [2.05, 4.69) is 22.2 Å². The van der Waals surface area contributed by atoms with Gasteiger partial charge < -0.3 is 10.2 Å². The number of anilines is 1. The fraction of sp³-hybridized carbons (Fsp3) is 0.769. The number of nitrogens with one attached hydrogen (secondary N) is 1. The van der Waals surface area contributed by atoms with Gasteiger partial charge in [0.05, 0.1) is 11.9 Å². The molecule has 0 bridgehead atoms. The fourth-order valence-corrected chi connectivity index (χ4v) is 3.60. The molecule has 0 unspecified atom stereocenters. The van der Waals surface area contributed by atoms with E-state index in [0.29, 0.717) is 26.2 Å². The number of aromatic nitrogens is 2. The van der Waals surface area contributed by atoms with Crippen molar-refractivity contribution in [3.63, 3.8) is 0 Å². The topological polar surface area (TPSA) is 70.5 Å². The molecule has 0 spiro atoms. The van der Waals surface area contributed by atoms with Crippen molar-refractivity contribution < 1.29 is 8.42 Å². The van der Waals surface area contributed by atoms with E-state index >= 15 is 0 Å². The van der Waals surface area contributed by atoms with Crippen LogP contribution in [0.2, 0.25) is 0 Å². The molecule has 2 rings (SSSR count). The molecule has 7 nitrogen and oxygen atoms in total. The second kappa shape index (κ2) is 6.33. The van der Waals surface area contributed by atoms with E-state index in [4.69, 9.17) is 0 Å². The summed E-state index contributed by atoms with van der Waals surface area (Å²) < 4.78 is 26.6.